The van der Waals surface area contributed by atoms with Gasteiger partial charge in [0.1, 0.15) is 0 Å². The van der Waals surface area contributed by atoms with Gasteiger partial charge in [-0.3, -0.25) is 14.4 Å². The average molecular weight is 435 g/mol. The molecule has 1 saturated heterocycles. The van der Waals surface area contributed by atoms with Gasteiger partial charge in [0.05, 0.1) is 0 Å². The van der Waals surface area contributed by atoms with Gasteiger partial charge in [0.15, 0.2) is 0 Å². The smallest absolute Gasteiger partial charge is 0.253 e. The fourth-order valence-corrected chi connectivity index (χ4v) is 3.90. The van der Waals surface area contributed by atoms with Crippen LogP contribution in [0.3, 0.4) is 0 Å². The molecule has 0 spiro atoms. The van der Waals surface area contributed by atoms with Crippen LogP contribution >= 0.6 is 0 Å². The van der Waals surface area contributed by atoms with Crippen molar-refractivity contribution in [1.82, 2.24) is 15.1 Å². The van der Waals surface area contributed by atoms with E-state index in [-0.39, 0.29) is 23.6 Å². The maximum atomic E-state index is 12.6. The predicted molar refractivity (Wildman–Crippen MR) is 123 cm³/mol. The average Bonchev–Trinajstić information content (AvgIpc) is 3.55. The molecule has 1 aliphatic carbocycles. The lowest BCUT2D eigenvalue weighted by molar-refractivity contribution is -0.117. The van der Waals surface area contributed by atoms with Crippen molar-refractivity contribution in [2.75, 3.05) is 38.5 Å². The standard InChI is InChI=1S/C25H30N4O3/c1-17-14-22(17)24(31)27-21-5-3-4-20(15-21)23(30)26-16-18-6-8-19(9-7-18)25(32)29-12-10-28(2)11-13-29/h3-9,15,17,22H,10-14,16H2,1-2H3,(H,26,30)(H,27,31). The van der Waals surface area contributed by atoms with Crippen LogP contribution in [0, 0.1) is 11.8 Å². The fraction of sp³-hybridized carbons (Fsp3) is 0.400. The molecule has 0 aromatic heterocycles. The number of hydrogen-bond acceptors (Lipinski definition) is 4. The van der Waals surface area contributed by atoms with Crippen LogP contribution in [0.2, 0.25) is 0 Å². The number of nitrogens with one attached hydrogen (secondary N) is 2. The summed E-state index contributed by atoms with van der Waals surface area (Å²) in [5, 5.41) is 5.79. The van der Waals surface area contributed by atoms with Crippen molar-refractivity contribution in [3.8, 4) is 0 Å². The van der Waals surface area contributed by atoms with Crippen LogP contribution < -0.4 is 10.6 Å². The summed E-state index contributed by atoms with van der Waals surface area (Å²) < 4.78 is 0. The molecule has 2 aromatic carbocycles. The van der Waals surface area contributed by atoms with E-state index in [9.17, 15) is 14.4 Å². The zero-order valence-corrected chi connectivity index (χ0v) is 18.6. The minimum absolute atomic E-state index is 0.0151. The first kappa shape index (κ1) is 22.0. The maximum absolute atomic E-state index is 12.6. The molecule has 2 atom stereocenters. The molecule has 7 nitrogen and oxygen atoms in total. The van der Waals surface area contributed by atoms with Crippen LogP contribution in [0.1, 0.15) is 39.6 Å². The number of benzene rings is 2. The summed E-state index contributed by atoms with van der Waals surface area (Å²) in [6.07, 6.45) is 0.922. The number of hydrogen-bond donors (Lipinski definition) is 2. The SMILES string of the molecule is CC1CC1C(=O)Nc1cccc(C(=O)NCc2ccc(C(=O)N3CCN(C)CC3)cc2)c1. The van der Waals surface area contributed by atoms with Crippen LogP contribution in [0.5, 0.6) is 0 Å². The molecular formula is C25H30N4O3. The van der Waals surface area contributed by atoms with E-state index >= 15 is 0 Å². The van der Waals surface area contributed by atoms with Crippen molar-refractivity contribution >= 4 is 23.4 Å². The van der Waals surface area contributed by atoms with Gasteiger partial charge in [0.2, 0.25) is 5.91 Å². The van der Waals surface area contributed by atoms with Gasteiger partial charge in [0.25, 0.3) is 11.8 Å². The van der Waals surface area contributed by atoms with Crippen LogP contribution in [0.25, 0.3) is 0 Å². The Morgan fingerprint density at radius 1 is 0.969 bits per heavy atom. The summed E-state index contributed by atoms with van der Waals surface area (Å²) >= 11 is 0. The summed E-state index contributed by atoms with van der Waals surface area (Å²) in [6, 6.07) is 14.3. The highest BCUT2D eigenvalue weighted by molar-refractivity contribution is 5.98. The molecule has 2 fully saturated rings. The third-order valence-electron chi connectivity index (χ3n) is 6.28. The number of anilines is 1. The Hall–Kier alpha value is -3.19. The number of rotatable bonds is 6. The molecule has 1 saturated carbocycles. The largest absolute Gasteiger partial charge is 0.348 e. The summed E-state index contributed by atoms with van der Waals surface area (Å²) in [5.41, 5.74) is 2.71. The summed E-state index contributed by atoms with van der Waals surface area (Å²) in [6.45, 7) is 5.68. The van der Waals surface area contributed by atoms with Gasteiger partial charge >= 0.3 is 0 Å². The molecule has 32 heavy (non-hydrogen) atoms. The fourth-order valence-electron chi connectivity index (χ4n) is 3.90. The van der Waals surface area contributed by atoms with Crippen molar-refractivity contribution in [3.05, 3.63) is 65.2 Å². The first-order valence-electron chi connectivity index (χ1n) is 11.2. The summed E-state index contributed by atoms with van der Waals surface area (Å²) in [4.78, 5) is 41.4. The van der Waals surface area contributed by atoms with E-state index in [4.69, 9.17) is 0 Å². The second kappa shape index (κ2) is 9.53. The van der Waals surface area contributed by atoms with Gasteiger partial charge < -0.3 is 20.4 Å². The minimum Gasteiger partial charge on any atom is -0.348 e. The van der Waals surface area contributed by atoms with Gasteiger partial charge in [-0.05, 0) is 55.3 Å². The lowest BCUT2D eigenvalue weighted by atomic mass is 10.1. The third kappa shape index (κ3) is 5.34. The Labute approximate surface area is 188 Å². The minimum atomic E-state index is -0.210. The highest BCUT2D eigenvalue weighted by Crippen LogP contribution is 2.38. The molecule has 1 heterocycles. The van der Waals surface area contributed by atoms with Gasteiger partial charge in [-0.2, -0.15) is 0 Å². The first-order chi connectivity index (χ1) is 15.4. The van der Waals surface area contributed by atoms with Crippen molar-refractivity contribution in [1.29, 1.82) is 0 Å². The van der Waals surface area contributed by atoms with E-state index in [1.807, 2.05) is 29.2 Å². The van der Waals surface area contributed by atoms with E-state index in [2.05, 4.69) is 29.5 Å². The lowest BCUT2D eigenvalue weighted by Gasteiger charge is -2.32. The van der Waals surface area contributed by atoms with Crippen molar-refractivity contribution in [2.45, 2.75) is 19.9 Å². The zero-order chi connectivity index (χ0) is 22.7. The third-order valence-corrected chi connectivity index (χ3v) is 6.28. The molecular weight excluding hydrogens is 404 g/mol. The Bertz CT molecular complexity index is 997. The van der Waals surface area contributed by atoms with Gasteiger partial charge in [-0.1, -0.05) is 25.1 Å². The zero-order valence-electron chi connectivity index (χ0n) is 18.6. The highest BCUT2D eigenvalue weighted by Gasteiger charge is 2.39. The molecule has 2 aliphatic rings. The molecule has 1 aliphatic heterocycles. The number of nitrogens with zero attached hydrogens (tertiary/aromatic N) is 2. The number of likely N-dealkylation sites (N-methyl/N-ethyl adjacent to an activating group) is 1. The van der Waals surface area contributed by atoms with Crippen LogP contribution in [-0.4, -0.2) is 60.7 Å². The first-order valence-corrected chi connectivity index (χ1v) is 11.2. The van der Waals surface area contributed by atoms with E-state index < -0.39 is 0 Å². The Kier molecular flexibility index (Phi) is 6.55. The van der Waals surface area contributed by atoms with Crippen molar-refractivity contribution < 1.29 is 14.4 Å². The number of piperazine rings is 1. The second-order valence-electron chi connectivity index (χ2n) is 8.86. The van der Waals surface area contributed by atoms with Gasteiger partial charge in [0, 0.05) is 55.5 Å². The Balaban J connectivity index is 1.30. The van der Waals surface area contributed by atoms with Gasteiger partial charge in [-0.25, -0.2) is 0 Å². The highest BCUT2D eigenvalue weighted by atomic mass is 16.2. The molecule has 2 aromatic rings. The normalized spacial score (nSPS) is 20.5. The maximum Gasteiger partial charge on any atom is 0.253 e. The van der Waals surface area contributed by atoms with E-state index in [0.29, 0.717) is 29.3 Å². The van der Waals surface area contributed by atoms with E-state index in [1.165, 1.54) is 0 Å². The van der Waals surface area contributed by atoms with E-state index in [0.717, 1.165) is 38.2 Å². The van der Waals surface area contributed by atoms with Crippen LogP contribution in [0.15, 0.2) is 48.5 Å². The molecule has 2 N–H and O–H groups in total. The van der Waals surface area contributed by atoms with E-state index in [1.54, 1.807) is 24.3 Å². The van der Waals surface area contributed by atoms with Crippen molar-refractivity contribution in [2.24, 2.45) is 11.8 Å². The number of amides is 3. The Morgan fingerprint density at radius 2 is 1.66 bits per heavy atom. The molecule has 2 unspecified atom stereocenters. The van der Waals surface area contributed by atoms with Crippen LogP contribution in [-0.2, 0) is 11.3 Å². The quantitative estimate of drug-likeness (QED) is 0.732. The second-order valence-corrected chi connectivity index (χ2v) is 8.86. The topological polar surface area (TPSA) is 81.8 Å². The summed E-state index contributed by atoms with van der Waals surface area (Å²) in [5.74, 6) is 0.371. The van der Waals surface area contributed by atoms with Crippen molar-refractivity contribution in [3.63, 3.8) is 0 Å². The Morgan fingerprint density at radius 3 is 2.31 bits per heavy atom. The molecule has 0 bridgehead atoms. The molecule has 3 amide bonds. The molecule has 7 heteroatoms. The van der Waals surface area contributed by atoms with Crippen LogP contribution in [0.4, 0.5) is 5.69 Å². The van der Waals surface area contributed by atoms with Gasteiger partial charge in [-0.15, -0.1) is 0 Å². The monoisotopic (exact) mass is 434 g/mol. The molecule has 168 valence electrons. The predicted octanol–water partition coefficient (Wildman–Crippen LogP) is 2.60. The lowest BCUT2D eigenvalue weighted by Crippen LogP contribution is -2.47. The number of carbonyl (C=O) groups excluding carboxylic acids is 3. The molecule has 0 radical (unpaired) electrons. The summed E-state index contributed by atoms with van der Waals surface area (Å²) in [7, 11) is 2.06. The number of carbonyl (C=O) groups is 3. The molecule has 4 rings (SSSR count).